The third-order valence-electron chi connectivity index (χ3n) is 5.38. The Labute approximate surface area is 184 Å². The average molecular weight is 440 g/mol. The minimum Gasteiger partial charge on any atom is -0.352 e. The van der Waals surface area contributed by atoms with Crippen LogP contribution in [0.15, 0.2) is 59.3 Å². The number of carbonyl (C=O) groups excluding carboxylic acids is 2. The van der Waals surface area contributed by atoms with E-state index in [-0.39, 0.29) is 11.8 Å². The van der Waals surface area contributed by atoms with Gasteiger partial charge in [-0.3, -0.25) is 14.5 Å². The maximum atomic E-state index is 12.8. The molecule has 0 aliphatic carbocycles. The van der Waals surface area contributed by atoms with Gasteiger partial charge in [0, 0.05) is 18.0 Å². The number of carbonyl (C=O) groups is 2. The molecule has 0 saturated carbocycles. The van der Waals surface area contributed by atoms with Crippen LogP contribution in [0.1, 0.15) is 37.7 Å². The monoisotopic (exact) mass is 439 g/mol. The predicted octanol–water partition coefficient (Wildman–Crippen LogP) is 4.70. The van der Waals surface area contributed by atoms with Crippen molar-refractivity contribution in [1.82, 2.24) is 10.2 Å². The zero-order valence-corrected chi connectivity index (χ0v) is 18.3. The van der Waals surface area contributed by atoms with E-state index in [0.29, 0.717) is 28.6 Å². The summed E-state index contributed by atoms with van der Waals surface area (Å²) in [6, 6.07) is 15.1. The number of hydrogen-bond acceptors (Lipinski definition) is 5. The Kier molecular flexibility index (Phi) is 6.94. The molecule has 1 fully saturated rings. The fourth-order valence-corrected chi connectivity index (χ4v) is 5.05. The molecule has 4 rings (SSSR count). The zero-order chi connectivity index (χ0) is 20.8. The number of likely N-dealkylation sites (tertiary alicyclic amines) is 1. The first-order chi connectivity index (χ1) is 14.7. The topological polar surface area (TPSA) is 61.4 Å². The molecule has 156 valence electrons. The molecule has 0 bridgehead atoms. The van der Waals surface area contributed by atoms with Crippen LogP contribution >= 0.6 is 22.7 Å². The molecule has 1 aliphatic heterocycles. The molecule has 2 N–H and O–H groups in total. The van der Waals surface area contributed by atoms with E-state index in [2.05, 4.69) is 33.0 Å². The highest BCUT2D eigenvalue weighted by Gasteiger charge is 2.21. The van der Waals surface area contributed by atoms with Crippen molar-refractivity contribution in [2.75, 3.05) is 25.0 Å². The maximum absolute atomic E-state index is 12.8. The summed E-state index contributed by atoms with van der Waals surface area (Å²) in [5.41, 5.74) is 1.04. The van der Waals surface area contributed by atoms with Gasteiger partial charge in [-0.1, -0.05) is 24.3 Å². The van der Waals surface area contributed by atoms with Crippen molar-refractivity contribution in [2.45, 2.75) is 19.4 Å². The van der Waals surface area contributed by atoms with Crippen LogP contribution in [-0.4, -0.2) is 36.3 Å². The molecule has 5 nitrogen and oxygen atoms in total. The molecule has 0 radical (unpaired) electrons. The van der Waals surface area contributed by atoms with Crippen molar-refractivity contribution in [3.63, 3.8) is 0 Å². The third-order valence-corrected chi connectivity index (χ3v) is 7.11. The number of nitrogens with one attached hydrogen (secondary N) is 2. The number of hydrogen-bond donors (Lipinski definition) is 2. The number of para-hydroxylation sites is 1. The van der Waals surface area contributed by atoms with E-state index in [1.54, 1.807) is 29.5 Å². The molecular formula is C23H25N3O2S2. The normalized spacial score (nSPS) is 15.1. The van der Waals surface area contributed by atoms with Gasteiger partial charge in [0.1, 0.15) is 0 Å². The molecule has 0 spiro atoms. The van der Waals surface area contributed by atoms with Crippen LogP contribution in [-0.2, 0) is 6.54 Å². The van der Waals surface area contributed by atoms with Gasteiger partial charge in [-0.15, -0.1) is 22.7 Å². The zero-order valence-electron chi connectivity index (χ0n) is 16.7. The van der Waals surface area contributed by atoms with Gasteiger partial charge < -0.3 is 10.6 Å². The van der Waals surface area contributed by atoms with Gasteiger partial charge in [0.25, 0.3) is 11.8 Å². The number of amides is 2. The van der Waals surface area contributed by atoms with Crippen LogP contribution in [0.4, 0.5) is 5.69 Å². The summed E-state index contributed by atoms with van der Waals surface area (Å²) in [6.45, 7) is 3.81. The van der Waals surface area contributed by atoms with Crippen molar-refractivity contribution >= 4 is 40.2 Å². The lowest BCUT2D eigenvalue weighted by molar-refractivity contribution is 0.0936. The molecule has 7 heteroatoms. The summed E-state index contributed by atoms with van der Waals surface area (Å²) in [5, 5.41) is 9.92. The largest absolute Gasteiger partial charge is 0.352 e. The number of thiophene rings is 2. The van der Waals surface area contributed by atoms with Gasteiger partial charge in [-0.25, -0.2) is 0 Å². The lowest BCUT2D eigenvalue weighted by Crippen LogP contribution is -2.38. The van der Waals surface area contributed by atoms with Crippen molar-refractivity contribution in [3.05, 3.63) is 74.6 Å². The van der Waals surface area contributed by atoms with Gasteiger partial charge in [0.05, 0.1) is 16.1 Å². The van der Waals surface area contributed by atoms with E-state index in [1.165, 1.54) is 16.2 Å². The van der Waals surface area contributed by atoms with Crippen LogP contribution in [0.3, 0.4) is 0 Å². The molecule has 1 aromatic carbocycles. The van der Waals surface area contributed by atoms with Crippen LogP contribution < -0.4 is 10.6 Å². The second kappa shape index (κ2) is 10.0. The second-order valence-corrected chi connectivity index (χ2v) is 9.47. The maximum Gasteiger partial charge on any atom is 0.265 e. The van der Waals surface area contributed by atoms with Gasteiger partial charge in [-0.05, 0) is 66.9 Å². The second-order valence-electron chi connectivity index (χ2n) is 7.49. The quantitative estimate of drug-likeness (QED) is 0.561. The lowest BCUT2D eigenvalue weighted by atomic mass is 9.96. The smallest absolute Gasteiger partial charge is 0.265 e. The van der Waals surface area contributed by atoms with Gasteiger partial charge in [0.2, 0.25) is 0 Å². The first kappa shape index (κ1) is 20.8. The fourth-order valence-electron chi connectivity index (χ4n) is 3.69. The summed E-state index contributed by atoms with van der Waals surface area (Å²) in [5.74, 6) is 0.155. The van der Waals surface area contributed by atoms with Gasteiger partial charge in [0.15, 0.2) is 0 Å². The van der Waals surface area contributed by atoms with Gasteiger partial charge >= 0.3 is 0 Å². The summed E-state index contributed by atoms with van der Waals surface area (Å²) < 4.78 is 0. The number of anilines is 1. The fraction of sp³-hybridized carbons (Fsp3) is 0.304. The summed E-state index contributed by atoms with van der Waals surface area (Å²) in [7, 11) is 0. The minimum absolute atomic E-state index is 0.141. The van der Waals surface area contributed by atoms with Crippen molar-refractivity contribution in [2.24, 2.45) is 5.92 Å². The molecule has 30 heavy (non-hydrogen) atoms. The molecule has 0 atom stereocenters. The summed E-state index contributed by atoms with van der Waals surface area (Å²) >= 11 is 3.18. The van der Waals surface area contributed by atoms with Gasteiger partial charge in [-0.2, -0.15) is 0 Å². The summed E-state index contributed by atoms with van der Waals surface area (Å²) in [4.78, 5) is 29.7. The Balaban J connectivity index is 1.28. The van der Waals surface area contributed by atoms with E-state index in [0.717, 1.165) is 32.5 Å². The number of piperidine rings is 1. The van der Waals surface area contributed by atoms with E-state index < -0.39 is 0 Å². The van der Waals surface area contributed by atoms with Crippen LogP contribution in [0.25, 0.3) is 0 Å². The molecule has 2 aromatic heterocycles. The van der Waals surface area contributed by atoms with Crippen molar-refractivity contribution in [1.29, 1.82) is 0 Å². The van der Waals surface area contributed by atoms with Crippen LogP contribution in [0, 0.1) is 5.92 Å². The highest BCUT2D eigenvalue weighted by atomic mass is 32.1. The molecule has 1 saturated heterocycles. The third kappa shape index (κ3) is 5.36. The Morgan fingerprint density at radius 1 is 0.933 bits per heavy atom. The standard InChI is InChI=1S/C23H25N3O2S2/c27-22(19-6-1-2-7-20(19)25-23(28)21-8-4-14-30-21)24-15-17-9-11-26(12-10-17)16-18-5-3-13-29-18/h1-8,13-14,17H,9-12,15-16H2,(H,24,27)(H,25,28). The molecule has 2 amide bonds. The highest BCUT2D eigenvalue weighted by Crippen LogP contribution is 2.21. The molecule has 3 heterocycles. The highest BCUT2D eigenvalue weighted by molar-refractivity contribution is 7.12. The van der Waals surface area contributed by atoms with E-state index >= 15 is 0 Å². The van der Waals surface area contributed by atoms with E-state index in [4.69, 9.17) is 0 Å². The molecule has 1 aliphatic rings. The number of benzene rings is 1. The predicted molar refractivity (Wildman–Crippen MR) is 123 cm³/mol. The Morgan fingerprint density at radius 2 is 1.70 bits per heavy atom. The summed E-state index contributed by atoms with van der Waals surface area (Å²) in [6.07, 6.45) is 2.17. The number of nitrogens with zero attached hydrogens (tertiary/aromatic N) is 1. The van der Waals surface area contributed by atoms with E-state index in [1.807, 2.05) is 23.6 Å². The van der Waals surface area contributed by atoms with Crippen LogP contribution in [0.5, 0.6) is 0 Å². The van der Waals surface area contributed by atoms with Crippen LogP contribution in [0.2, 0.25) is 0 Å². The molecule has 3 aromatic rings. The molecular weight excluding hydrogens is 414 g/mol. The average Bonchev–Trinajstić information content (AvgIpc) is 3.48. The van der Waals surface area contributed by atoms with Crippen molar-refractivity contribution in [3.8, 4) is 0 Å². The first-order valence-corrected chi connectivity index (χ1v) is 11.9. The first-order valence-electron chi connectivity index (χ1n) is 10.2. The van der Waals surface area contributed by atoms with E-state index in [9.17, 15) is 9.59 Å². The molecule has 0 unspecified atom stereocenters. The lowest BCUT2D eigenvalue weighted by Gasteiger charge is -2.31. The Morgan fingerprint density at radius 3 is 2.43 bits per heavy atom. The Bertz CT molecular complexity index is 962. The minimum atomic E-state index is -0.191. The Hall–Kier alpha value is -2.48. The SMILES string of the molecule is O=C(Nc1ccccc1C(=O)NCC1CCN(Cc2cccs2)CC1)c1cccs1. The number of rotatable bonds is 7. The van der Waals surface area contributed by atoms with Crippen molar-refractivity contribution < 1.29 is 9.59 Å².